The number of nitrogens with one attached hydrogen (secondary N) is 1. The van der Waals surface area contributed by atoms with Crippen LogP contribution in [0.5, 0.6) is 0 Å². The molecule has 1 heterocycles. The molecule has 1 atom stereocenters. The first-order chi connectivity index (χ1) is 8.18. The zero-order valence-electron chi connectivity index (χ0n) is 10.0. The number of thiophene rings is 1. The van der Waals surface area contributed by atoms with Gasteiger partial charge in [-0.25, -0.2) is 0 Å². The molecule has 0 aliphatic rings. The maximum atomic E-state index is 3.56. The summed E-state index contributed by atoms with van der Waals surface area (Å²) in [5, 5.41) is 5.67. The first-order valence-electron chi connectivity index (χ1n) is 5.69. The summed E-state index contributed by atoms with van der Waals surface area (Å²) in [6, 6.07) is 11.0. The summed E-state index contributed by atoms with van der Waals surface area (Å²) < 4.78 is 1.20. The van der Waals surface area contributed by atoms with Gasteiger partial charge in [-0.3, -0.25) is 0 Å². The summed E-state index contributed by atoms with van der Waals surface area (Å²) in [5.41, 5.74) is 2.72. The Morgan fingerprint density at radius 2 is 2.06 bits per heavy atom. The molecule has 0 amide bonds. The fraction of sp³-hybridized carbons (Fsp3) is 0.286. The topological polar surface area (TPSA) is 12.0 Å². The zero-order valence-corrected chi connectivity index (χ0v) is 12.4. The van der Waals surface area contributed by atoms with Crippen LogP contribution < -0.4 is 5.32 Å². The Morgan fingerprint density at radius 1 is 1.29 bits per heavy atom. The van der Waals surface area contributed by atoms with Gasteiger partial charge in [0.2, 0.25) is 0 Å². The number of aryl methyl sites for hydroxylation is 1. The van der Waals surface area contributed by atoms with Gasteiger partial charge in [0.25, 0.3) is 0 Å². The van der Waals surface area contributed by atoms with Crippen molar-refractivity contribution in [3.8, 4) is 0 Å². The molecule has 1 aromatic heterocycles. The van der Waals surface area contributed by atoms with Gasteiger partial charge in [-0.1, -0.05) is 24.3 Å². The van der Waals surface area contributed by atoms with Crippen molar-refractivity contribution in [2.45, 2.75) is 26.4 Å². The van der Waals surface area contributed by atoms with Gasteiger partial charge in [0.05, 0.1) is 0 Å². The molecule has 0 unspecified atom stereocenters. The standard InChI is InChI=1S/C14H16BrNS/c1-10-5-3-4-6-12(10)11(2)16-9-14-13(15)7-8-17-14/h3-8,11,16H,9H2,1-2H3/t11-/m0/s1. The number of hydrogen-bond acceptors (Lipinski definition) is 2. The molecule has 17 heavy (non-hydrogen) atoms. The van der Waals surface area contributed by atoms with Gasteiger partial charge in [0.15, 0.2) is 0 Å². The lowest BCUT2D eigenvalue weighted by atomic mass is 10.0. The maximum Gasteiger partial charge on any atom is 0.0327 e. The van der Waals surface area contributed by atoms with E-state index in [-0.39, 0.29) is 0 Å². The summed E-state index contributed by atoms with van der Waals surface area (Å²) in [5.74, 6) is 0. The minimum Gasteiger partial charge on any atom is -0.305 e. The maximum absolute atomic E-state index is 3.56. The van der Waals surface area contributed by atoms with Gasteiger partial charge < -0.3 is 5.32 Å². The highest BCUT2D eigenvalue weighted by Crippen LogP contribution is 2.24. The van der Waals surface area contributed by atoms with Crippen molar-refractivity contribution in [2.75, 3.05) is 0 Å². The van der Waals surface area contributed by atoms with E-state index in [0.29, 0.717) is 6.04 Å². The molecule has 0 fully saturated rings. The van der Waals surface area contributed by atoms with Crippen molar-refractivity contribution in [3.05, 3.63) is 56.2 Å². The van der Waals surface area contributed by atoms with Crippen LogP contribution in [0.4, 0.5) is 0 Å². The van der Waals surface area contributed by atoms with E-state index in [2.05, 4.69) is 70.8 Å². The van der Waals surface area contributed by atoms with Crippen LogP contribution >= 0.6 is 27.3 Å². The minimum atomic E-state index is 0.380. The number of halogens is 1. The van der Waals surface area contributed by atoms with Crippen molar-refractivity contribution < 1.29 is 0 Å². The zero-order chi connectivity index (χ0) is 12.3. The molecule has 0 saturated carbocycles. The summed E-state index contributed by atoms with van der Waals surface area (Å²) in [4.78, 5) is 1.35. The molecular weight excluding hydrogens is 294 g/mol. The van der Waals surface area contributed by atoms with Crippen molar-refractivity contribution in [2.24, 2.45) is 0 Å². The predicted molar refractivity (Wildman–Crippen MR) is 78.5 cm³/mol. The van der Waals surface area contributed by atoms with Crippen LogP contribution in [0.3, 0.4) is 0 Å². The van der Waals surface area contributed by atoms with Crippen molar-refractivity contribution in [1.82, 2.24) is 5.32 Å². The SMILES string of the molecule is Cc1ccccc1[C@H](C)NCc1sccc1Br. The van der Waals surface area contributed by atoms with Crippen molar-refractivity contribution >= 4 is 27.3 Å². The molecule has 1 N–H and O–H groups in total. The van der Waals surface area contributed by atoms with E-state index in [0.717, 1.165) is 6.54 Å². The molecule has 1 nitrogen and oxygen atoms in total. The number of rotatable bonds is 4. The van der Waals surface area contributed by atoms with Crippen LogP contribution in [0.1, 0.15) is 29.0 Å². The van der Waals surface area contributed by atoms with E-state index in [1.807, 2.05) is 0 Å². The van der Waals surface area contributed by atoms with Gasteiger partial charge in [-0.2, -0.15) is 0 Å². The van der Waals surface area contributed by atoms with Crippen molar-refractivity contribution in [1.29, 1.82) is 0 Å². The Bertz CT molecular complexity index is 492. The molecule has 90 valence electrons. The normalized spacial score (nSPS) is 12.6. The first-order valence-corrected chi connectivity index (χ1v) is 7.36. The Labute approximate surface area is 115 Å². The highest BCUT2D eigenvalue weighted by Gasteiger charge is 2.08. The van der Waals surface area contributed by atoms with Crippen LogP contribution in [0.25, 0.3) is 0 Å². The average molecular weight is 310 g/mol. The molecule has 0 aliphatic heterocycles. The fourth-order valence-corrected chi connectivity index (χ4v) is 3.32. The van der Waals surface area contributed by atoms with Crippen LogP contribution in [-0.4, -0.2) is 0 Å². The van der Waals surface area contributed by atoms with E-state index in [4.69, 9.17) is 0 Å². The lowest BCUT2D eigenvalue weighted by molar-refractivity contribution is 0.575. The quantitative estimate of drug-likeness (QED) is 0.865. The van der Waals surface area contributed by atoms with E-state index < -0.39 is 0 Å². The number of benzene rings is 1. The van der Waals surface area contributed by atoms with E-state index in [1.54, 1.807) is 11.3 Å². The lowest BCUT2D eigenvalue weighted by Gasteiger charge is -2.16. The monoisotopic (exact) mass is 309 g/mol. The molecule has 2 rings (SSSR count). The second kappa shape index (κ2) is 5.80. The van der Waals surface area contributed by atoms with E-state index in [9.17, 15) is 0 Å². The second-order valence-electron chi connectivity index (χ2n) is 4.15. The van der Waals surface area contributed by atoms with Gasteiger partial charge in [0, 0.05) is 21.9 Å². The van der Waals surface area contributed by atoms with Crippen LogP contribution in [0, 0.1) is 6.92 Å². The Morgan fingerprint density at radius 3 is 2.71 bits per heavy atom. The van der Waals surface area contributed by atoms with Crippen LogP contribution in [0.2, 0.25) is 0 Å². The van der Waals surface area contributed by atoms with Gasteiger partial charge in [-0.05, 0) is 52.4 Å². The number of hydrogen-bond donors (Lipinski definition) is 1. The molecular formula is C14H16BrNS. The molecule has 2 aromatic rings. The van der Waals surface area contributed by atoms with E-state index in [1.165, 1.54) is 20.5 Å². The van der Waals surface area contributed by atoms with Crippen molar-refractivity contribution in [3.63, 3.8) is 0 Å². The predicted octanol–water partition coefficient (Wildman–Crippen LogP) is 4.67. The molecule has 0 saturated heterocycles. The summed E-state index contributed by atoms with van der Waals surface area (Å²) in [6.45, 7) is 5.28. The Balaban J connectivity index is 2.01. The van der Waals surface area contributed by atoms with Crippen LogP contribution in [0.15, 0.2) is 40.2 Å². The third-order valence-corrected chi connectivity index (χ3v) is 4.84. The molecule has 0 radical (unpaired) electrons. The highest BCUT2D eigenvalue weighted by atomic mass is 79.9. The summed E-state index contributed by atoms with van der Waals surface area (Å²) in [6.07, 6.45) is 0. The molecule has 1 aromatic carbocycles. The Hall–Kier alpha value is -0.640. The summed E-state index contributed by atoms with van der Waals surface area (Å²) >= 11 is 5.34. The molecule has 0 spiro atoms. The first kappa shape index (κ1) is 12.8. The van der Waals surface area contributed by atoms with Crippen LogP contribution in [-0.2, 0) is 6.54 Å². The van der Waals surface area contributed by atoms with Gasteiger partial charge >= 0.3 is 0 Å². The second-order valence-corrected chi connectivity index (χ2v) is 6.01. The Kier molecular flexibility index (Phi) is 4.37. The third kappa shape index (κ3) is 3.18. The highest BCUT2D eigenvalue weighted by molar-refractivity contribution is 9.10. The lowest BCUT2D eigenvalue weighted by Crippen LogP contribution is -2.18. The molecule has 0 bridgehead atoms. The van der Waals surface area contributed by atoms with Gasteiger partial charge in [-0.15, -0.1) is 11.3 Å². The fourth-order valence-electron chi connectivity index (χ4n) is 1.88. The third-order valence-electron chi connectivity index (χ3n) is 2.91. The minimum absolute atomic E-state index is 0.380. The largest absolute Gasteiger partial charge is 0.305 e. The average Bonchev–Trinajstić information content (AvgIpc) is 2.72. The molecule has 3 heteroatoms. The van der Waals surface area contributed by atoms with Gasteiger partial charge in [0.1, 0.15) is 0 Å². The smallest absolute Gasteiger partial charge is 0.0327 e. The van der Waals surface area contributed by atoms with E-state index >= 15 is 0 Å². The summed E-state index contributed by atoms with van der Waals surface area (Å²) in [7, 11) is 0. The molecule has 0 aliphatic carbocycles.